The minimum Gasteiger partial charge on any atom is -0.444 e. The summed E-state index contributed by atoms with van der Waals surface area (Å²) in [5, 5.41) is 15.4. The Morgan fingerprint density at radius 2 is 1.89 bits per heavy atom. The summed E-state index contributed by atoms with van der Waals surface area (Å²) < 4.78 is 5.48. The second kappa shape index (κ2) is 5.55. The molecule has 1 aromatic heterocycles. The van der Waals surface area contributed by atoms with E-state index in [-0.39, 0.29) is 0 Å². The van der Waals surface area contributed by atoms with Crippen molar-refractivity contribution in [3.63, 3.8) is 0 Å². The van der Waals surface area contributed by atoms with Crippen molar-refractivity contribution < 1.29 is 4.42 Å². The molecule has 1 aromatic carbocycles. The first-order valence-corrected chi connectivity index (χ1v) is 6.15. The molecule has 0 unspecified atom stereocenters. The molecule has 0 spiro atoms. The molecule has 0 amide bonds. The van der Waals surface area contributed by atoms with E-state index in [1.807, 2.05) is 44.2 Å². The molecular weight excluding hydrogens is 258 g/mol. The maximum absolute atomic E-state index is 9.10. The average Bonchev–Trinajstić information content (AvgIpc) is 2.65. The van der Waals surface area contributed by atoms with E-state index < -0.39 is 0 Å². The van der Waals surface area contributed by atoms with Crippen LogP contribution < -0.4 is 10.6 Å². The standard InChI is InChI=1S/C14H13N3OS/c1-9-10(2)18-13(12(9)8-15)17-14(19)16-11-6-4-3-5-7-11/h3-7H,1-2H3,(H2,16,17,19). The number of aryl methyl sites for hydroxylation is 1. The smallest absolute Gasteiger partial charge is 0.217 e. The van der Waals surface area contributed by atoms with Gasteiger partial charge >= 0.3 is 0 Å². The molecule has 19 heavy (non-hydrogen) atoms. The summed E-state index contributed by atoms with van der Waals surface area (Å²) in [4.78, 5) is 0. The maximum atomic E-state index is 9.10. The Labute approximate surface area is 117 Å². The van der Waals surface area contributed by atoms with Crippen molar-refractivity contribution in [2.24, 2.45) is 0 Å². The lowest BCUT2D eigenvalue weighted by atomic mass is 10.2. The largest absolute Gasteiger partial charge is 0.444 e. The van der Waals surface area contributed by atoms with Gasteiger partial charge in [0.25, 0.3) is 0 Å². The Kier molecular flexibility index (Phi) is 3.83. The lowest BCUT2D eigenvalue weighted by Gasteiger charge is -2.08. The minimum absolute atomic E-state index is 0.380. The van der Waals surface area contributed by atoms with Gasteiger partial charge in [0.2, 0.25) is 5.88 Å². The number of hydrogen-bond acceptors (Lipinski definition) is 3. The number of nitrogens with one attached hydrogen (secondary N) is 2. The van der Waals surface area contributed by atoms with E-state index >= 15 is 0 Å². The van der Waals surface area contributed by atoms with Gasteiger partial charge in [-0.15, -0.1) is 0 Å². The van der Waals surface area contributed by atoms with E-state index in [1.54, 1.807) is 0 Å². The van der Waals surface area contributed by atoms with E-state index in [0.717, 1.165) is 11.3 Å². The molecule has 0 radical (unpaired) electrons. The van der Waals surface area contributed by atoms with Gasteiger partial charge in [0.05, 0.1) is 0 Å². The van der Waals surface area contributed by atoms with Gasteiger partial charge in [0.15, 0.2) is 5.11 Å². The number of benzene rings is 1. The fourth-order valence-electron chi connectivity index (χ4n) is 1.64. The highest BCUT2D eigenvalue weighted by atomic mass is 32.1. The van der Waals surface area contributed by atoms with Crippen LogP contribution in [0.4, 0.5) is 11.6 Å². The summed E-state index contributed by atoms with van der Waals surface area (Å²) in [6.07, 6.45) is 0. The van der Waals surface area contributed by atoms with Crippen LogP contribution in [0.3, 0.4) is 0 Å². The molecule has 0 atom stereocenters. The van der Waals surface area contributed by atoms with Crippen molar-refractivity contribution in [2.45, 2.75) is 13.8 Å². The van der Waals surface area contributed by atoms with Crippen molar-refractivity contribution in [3.8, 4) is 6.07 Å². The highest BCUT2D eigenvalue weighted by molar-refractivity contribution is 7.80. The third-order valence-electron chi connectivity index (χ3n) is 2.76. The van der Waals surface area contributed by atoms with Crippen molar-refractivity contribution in [2.75, 3.05) is 10.6 Å². The molecule has 0 saturated heterocycles. The predicted molar refractivity (Wildman–Crippen MR) is 79.2 cm³/mol. The van der Waals surface area contributed by atoms with E-state index in [9.17, 15) is 0 Å². The quantitative estimate of drug-likeness (QED) is 0.817. The van der Waals surface area contributed by atoms with Crippen LogP contribution in [0.5, 0.6) is 0 Å². The van der Waals surface area contributed by atoms with Crippen molar-refractivity contribution in [3.05, 3.63) is 47.2 Å². The van der Waals surface area contributed by atoms with Gasteiger partial charge in [0, 0.05) is 11.3 Å². The van der Waals surface area contributed by atoms with Gasteiger partial charge in [-0.3, -0.25) is 0 Å². The van der Waals surface area contributed by atoms with Crippen LogP contribution in [-0.2, 0) is 0 Å². The second-order valence-corrected chi connectivity index (χ2v) is 4.45. The summed E-state index contributed by atoms with van der Waals surface area (Å²) in [5.41, 5.74) is 2.18. The summed E-state index contributed by atoms with van der Waals surface area (Å²) >= 11 is 5.19. The van der Waals surface area contributed by atoms with Gasteiger partial charge < -0.3 is 15.1 Å². The monoisotopic (exact) mass is 271 g/mol. The summed E-state index contributed by atoms with van der Waals surface area (Å²) in [6.45, 7) is 3.66. The third-order valence-corrected chi connectivity index (χ3v) is 2.96. The fraction of sp³-hybridized carbons (Fsp3) is 0.143. The van der Waals surface area contributed by atoms with Crippen LogP contribution in [0.15, 0.2) is 34.7 Å². The van der Waals surface area contributed by atoms with Gasteiger partial charge in [-0.05, 0) is 38.2 Å². The zero-order chi connectivity index (χ0) is 13.8. The zero-order valence-electron chi connectivity index (χ0n) is 10.7. The summed E-state index contributed by atoms with van der Waals surface area (Å²) in [6, 6.07) is 11.7. The Hall–Kier alpha value is -2.32. The van der Waals surface area contributed by atoms with Gasteiger partial charge in [-0.2, -0.15) is 5.26 Å². The van der Waals surface area contributed by atoms with Crippen LogP contribution in [-0.4, -0.2) is 5.11 Å². The number of para-hydroxylation sites is 1. The normalized spacial score (nSPS) is 9.74. The number of nitrogens with zero attached hydrogens (tertiary/aromatic N) is 1. The highest BCUT2D eigenvalue weighted by Crippen LogP contribution is 2.25. The van der Waals surface area contributed by atoms with Crippen LogP contribution in [0.25, 0.3) is 0 Å². The number of nitriles is 1. The first kappa shape index (κ1) is 13.1. The molecule has 2 aromatic rings. The molecule has 5 heteroatoms. The second-order valence-electron chi connectivity index (χ2n) is 4.04. The SMILES string of the molecule is Cc1oc(NC(=S)Nc2ccccc2)c(C#N)c1C. The van der Waals surface area contributed by atoms with Gasteiger partial charge in [0.1, 0.15) is 17.4 Å². The first-order valence-electron chi connectivity index (χ1n) is 5.75. The van der Waals surface area contributed by atoms with Gasteiger partial charge in [-0.1, -0.05) is 18.2 Å². The molecular formula is C14H13N3OS. The molecule has 2 rings (SSSR count). The third kappa shape index (κ3) is 2.92. The molecule has 96 valence electrons. The Bertz CT molecular complexity index is 641. The molecule has 0 bridgehead atoms. The topological polar surface area (TPSA) is 61.0 Å². The molecule has 0 fully saturated rings. The lowest BCUT2D eigenvalue weighted by molar-refractivity contribution is 0.549. The zero-order valence-corrected chi connectivity index (χ0v) is 11.5. The number of anilines is 2. The molecule has 0 aliphatic heterocycles. The number of thiocarbonyl (C=S) groups is 1. The number of rotatable bonds is 2. The van der Waals surface area contributed by atoms with Gasteiger partial charge in [-0.25, -0.2) is 0 Å². The molecule has 4 nitrogen and oxygen atoms in total. The van der Waals surface area contributed by atoms with Crippen molar-refractivity contribution >= 4 is 28.9 Å². The maximum Gasteiger partial charge on any atom is 0.217 e. The molecule has 0 aliphatic carbocycles. The Morgan fingerprint density at radius 1 is 1.21 bits per heavy atom. The van der Waals surface area contributed by atoms with E-state index in [4.69, 9.17) is 21.9 Å². The Balaban J connectivity index is 2.12. The summed E-state index contributed by atoms with van der Waals surface area (Å²) in [5.74, 6) is 1.09. The number of hydrogen-bond donors (Lipinski definition) is 2. The molecule has 0 aliphatic rings. The van der Waals surface area contributed by atoms with Crippen LogP contribution in [0.1, 0.15) is 16.9 Å². The van der Waals surface area contributed by atoms with Crippen LogP contribution in [0.2, 0.25) is 0 Å². The van der Waals surface area contributed by atoms with Crippen molar-refractivity contribution in [1.29, 1.82) is 5.26 Å². The van der Waals surface area contributed by atoms with E-state index in [0.29, 0.717) is 22.3 Å². The average molecular weight is 271 g/mol. The van der Waals surface area contributed by atoms with Crippen molar-refractivity contribution in [1.82, 2.24) is 0 Å². The fourth-order valence-corrected chi connectivity index (χ4v) is 1.85. The first-order chi connectivity index (χ1) is 9.11. The highest BCUT2D eigenvalue weighted by Gasteiger charge is 2.15. The minimum atomic E-state index is 0.380. The summed E-state index contributed by atoms with van der Waals surface area (Å²) in [7, 11) is 0. The van der Waals surface area contributed by atoms with Crippen LogP contribution >= 0.6 is 12.2 Å². The molecule has 0 saturated carbocycles. The van der Waals surface area contributed by atoms with E-state index in [2.05, 4.69) is 16.7 Å². The predicted octanol–water partition coefficient (Wildman–Crippen LogP) is 3.58. The van der Waals surface area contributed by atoms with E-state index in [1.165, 1.54) is 0 Å². The van der Waals surface area contributed by atoms with Crippen LogP contribution in [0, 0.1) is 25.2 Å². The lowest BCUT2D eigenvalue weighted by Crippen LogP contribution is -2.19. The molecule has 2 N–H and O–H groups in total. The Morgan fingerprint density at radius 3 is 2.53 bits per heavy atom. The number of furan rings is 1. The molecule has 1 heterocycles.